The second-order valence-corrected chi connectivity index (χ2v) is 3.04. The van der Waals surface area contributed by atoms with Crippen molar-refractivity contribution in [2.24, 2.45) is 0 Å². The Bertz CT molecular complexity index is 162. The predicted octanol–water partition coefficient (Wildman–Crippen LogP) is 0.431. The number of amides is 1. The highest BCUT2D eigenvalue weighted by molar-refractivity contribution is 5.81. The number of carbonyl (C=O) groups excluding carboxylic acids is 1. The van der Waals surface area contributed by atoms with E-state index in [9.17, 15) is 4.79 Å². The van der Waals surface area contributed by atoms with Crippen LogP contribution in [0.2, 0.25) is 0 Å². The molecule has 0 aromatic carbocycles. The predicted molar refractivity (Wildman–Crippen MR) is 48.8 cm³/mol. The number of carbonyl (C=O) groups is 1. The summed E-state index contributed by atoms with van der Waals surface area (Å²) in [4.78, 5) is 11.3. The fourth-order valence-electron chi connectivity index (χ4n) is 1.37. The van der Waals surface area contributed by atoms with Gasteiger partial charge in [-0.1, -0.05) is 12.5 Å². The average molecular weight is 168 g/mol. The van der Waals surface area contributed by atoms with Gasteiger partial charge in [0.15, 0.2) is 0 Å². The fraction of sp³-hybridized carbons (Fsp3) is 0.667. The lowest BCUT2D eigenvalue weighted by molar-refractivity contribution is -0.123. The third kappa shape index (κ3) is 2.66. The molecule has 1 atom stereocenters. The quantitative estimate of drug-likeness (QED) is 0.600. The minimum atomic E-state index is 0.0266. The zero-order valence-corrected chi connectivity index (χ0v) is 7.31. The molecule has 0 aromatic rings. The maximum Gasteiger partial charge on any atom is 0.237 e. The third-order valence-electron chi connectivity index (χ3n) is 2.05. The van der Waals surface area contributed by atoms with Gasteiger partial charge in [-0.2, -0.15) is 0 Å². The van der Waals surface area contributed by atoms with E-state index in [1.165, 1.54) is 6.42 Å². The van der Waals surface area contributed by atoms with Gasteiger partial charge in [-0.15, -0.1) is 6.58 Å². The van der Waals surface area contributed by atoms with Gasteiger partial charge in [-0.3, -0.25) is 4.79 Å². The van der Waals surface area contributed by atoms with Gasteiger partial charge < -0.3 is 10.6 Å². The summed E-state index contributed by atoms with van der Waals surface area (Å²) >= 11 is 0. The summed E-state index contributed by atoms with van der Waals surface area (Å²) in [7, 11) is 0. The van der Waals surface area contributed by atoms with Gasteiger partial charge in [-0.05, 0) is 19.4 Å². The van der Waals surface area contributed by atoms with Crippen LogP contribution in [0.15, 0.2) is 12.7 Å². The van der Waals surface area contributed by atoms with Crippen LogP contribution in [0.4, 0.5) is 0 Å². The molecule has 1 aliphatic heterocycles. The summed E-state index contributed by atoms with van der Waals surface area (Å²) in [6, 6.07) is 0.0266. The highest BCUT2D eigenvalue weighted by Crippen LogP contribution is 2.06. The molecule has 0 spiro atoms. The van der Waals surface area contributed by atoms with Crippen LogP contribution in [0, 0.1) is 0 Å². The van der Waals surface area contributed by atoms with Crippen molar-refractivity contribution in [3.8, 4) is 0 Å². The van der Waals surface area contributed by atoms with Gasteiger partial charge in [0.2, 0.25) is 5.91 Å². The van der Waals surface area contributed by atoms with Crippen LogP contribution >= 0.6 is 0 Å². The van der Waals surface area contributed by atoms with Crippen molar-refractivity contribution in [1.82, 2.24) is 10.6 Å². The summed E-state index contributed by atoms with van der Waals surface area (Å²) in [5, 5.41) is 5.96. The molecule has 0 aliphatic carbocycles. The van der Waals surface area contributed by atoms with E-state index in [1.807, 2.05) is 0 Å². The van der Waals surface area contributed by atoms with Crippen molar-refractivity contribution in [1.29, 1.82) is 0 Å². The molecule has 1 fully saturated rings. The Morgan fingerprint density at radius 1 is 1.67 bits per heavy atom. The van der Waals surface area contributed by atoms with Crippen LogP contribution in [0.25, 0.3) is 0 Å². The molecule has 1 rings (SSSR count). The first-order valence-electron chi connectivity index (χ1n) is 4.46. The van der Waals surface area contributed by atoms with Crippen LogP contribution in [0.3, 0.4) is 0 Å². The lowest BCUT2D eigenvalue weighted by Gasteiger charge is -2.22. The normalized spacial score (nSPS) is 23.2. The number of piperidine rings is 1. The Kier molecular flexibility index (Phi) is 3.80. The first-order chi connectivity index (χ1) is 5.84. The smallest absolute Gasteiger partial charge is 0.237 e. The van der Waals surface area contributed by atoms with Crippen molar-refractivity contribution in [2.45, 2.75) is 25.3 Å². The molecule has 1 saturated heterocycles. The molecule has 3 heteroatoms. The summed E-state index contributed by atoms with van der Waals surface area (Å²) in [5.41, 5.74) is 0. The minimum absolute atomic E-state index is 0.0266. The van der Waals surface area contributed by atoms with E-state index >= 15 is 0 Å². The Balaban J connectivity index is 2.24. The van der Waals surface area contributed by atoms with Crippen molar-refractivity contribution in [2.75, 3.05) is 13.1 Å². The first kappa shape index (κ1) is 9.26. The van der Waals surface area contributed by atoms with Crippen molar-refractivity contribution in [3.05, 3.63) is 12.7 Å². The standard InChI is InChI=1S/C9H16N2O/c1-2-6-11-9(12)8-5-3-4-7-10-8/h2,8,10H,1,3-7H2,(H,11,12). The van der Waals surface area contributed by atoms with Crippen LogP contribution in [-0.2, 0) is 4.79 Å². The van der Waals surface area contributed by atoms with E-state index in [0.29, 0.717) is 6.54 Å². The summed E-state index contributed by atoms with van der Waals surface area (Å²) in [6.07, 6.45) is 4.99. The molecule has 0 radical (unpaired) electrons. The van der Waals surface area contributed by atoms with Crippen molar-refractivity contribution in [3.63, 3.8) is 0 Å². The van der Waals surface area contributed by atoms with Crippen molar-refractivity contribution < 1.29 is 4.79 Å². The molecule has 1 heterocycles. The van der Waals surface area contributed by atoms with Crippen LogP contribution < -0.4 is 10.6 Å². The van der Waals surface area contributed by atoms with E-state index in [2.05, 4.69) is 17.2 Å². The van der Waals surface area contributed by atoms with Gasteiger partial charge in [-0.25, -0.2) is 0 Å². The molecule has 12 heavy (non-hydrogen) atoms. The fourth-order valence-corrected chi connectivity index (χ4v) is 1.37. The second kappa shape index (κ2) is 4.93. The molecule has 1 unspecified atom stereocenters. The van der Waals surface area contributed by atoms with Gasteiger partial charge in [0.05, 0.1) is 6.04 Å². The maximum atomic E-state index is 11.3. The Morgan fingerprint density at radius 3 is 3.08 bits per heavy atom. The van der Waals surface area contributed by atoms with E-state index in [0.717, 1.165) is 19.4 Å². The second-order valence-electron chi connectivity index (χ2n) is 3.04. The van der Waals surface area contributed by atoms with Gasteiger partial charge in [0.25, 0.3) is 0 Å². The molecule has 0 saturated carbocycles. The molecule has 0 bridgehead atoms. The number of nitrogens with one attached hydrogen (secondary N) is 2. The first-order valence-corrected chi connectivity index (χ1v) is 4.46. The molecule has 0 aromatic heterocycles. The van der Waals surface area contributed by atoms with Crippen molar-refractivity contribution >= 4 is 5.91 Å². The summed E-state index contributed by atoms with van der Waals surface area (Å²) in [6.45, 7) is 5.07. The highest BCUT2D eigenvalue weighted by atomic mass is 16.2. The Labute approximate surface area is 73.2 Å². The monoisotopic (exact) mass is 168 g/mol. The minimum Gasteiger partial charge on any atom is -0.351 e. The number of hydrogen-bond acceptors (Lipinski definition) is 2. The van der Waals surface area contributed by atoms with E-state index in [-0.39, 0.29) is 11.9 Å². The Morgan fingerprint density at radius 2 is 2.50 bits per heavy atom. The van der Waals surface area contributed by atoms with Gasteiger partial charge in [0.1, 0.15) is 0 Å². The molecule has 1 amide bonds. The zero-order chi connectivity index (χ0) is 8.81. The average Bonchev–Trinajstić information content (AvgIpc) is 2.15. The summed E-state index contributed by atoms with van der Waals surface area (Å²) < 4.78 is 0. The van der Waals surface area contributed by atoms with E-state index in [4.69, 9.17) is 0 Å². The maximum absolute atomic E-state index is 11.3. The molecule has 68 valence electrons. The third-order valence-corrected chi connectivity index (χ3v) is 2.05. The van der Waals surface area contributed by atoms with E-state index < -0.39 is 0 Å². The van der Waals surface area contributed by atoms with Crippen LogP contribution in [0.5, 0.6) is 0 Å². The SMILES string of the molecule is C=CCNC(=O)C1CCCCN1. The largest absolute Gasteiger partial charge is 0.351 e. The summed E-state index contributed by atoms with van der Waals surface area (Å²) in [5.74, 6) is 0.106. The number of hydrogen-bond donors (Lipinski definition) is 2. The van der Waals surface area contributed by atoms with Gasteiger partial charge in [0, 0.05) is 6.54 Å². The number of rotatable bonds is 3. The Hall–Kier alpha value is -0.830. The zero-order valence-electron chi connectivity index (χ0n) is 7.31. The molecular weight excluding hydrogens is 152 g/mol. The molecule has 2 N–H and O–H groups in total. The highest BCUT2D eigenvalue weighted by Gasteiger charge is 2.19. The molecule has 1 aliphatic rings. The lowest BCUT2D eigenvalue weighted by Crippen LogP contribution is -2.46. The molecular formula is C9H16N2O. The van der Waals surface area contributed by atoms with E-state index in [1.54, 1.807) is 6.08 Å². The van der Waals surface area contributed by atoms with Crippen LogP contribution in [0.1, 0.15) is 19.3 Å². The topological polar surface area (TPSA) is 41.1 Å². The van der Waals surface area contributed by atoms with Gasteiger partial charge >= 0.3 is 0 Å². The molecule has 3 nitrogen and oxygen atoms in total. The lowest BCUT2D eigenvalue weighted by atomic mass is 10.0. The van der Waals surface area contributed by atoms with Crippen LogP contribution in [-0.4, -0.2) is 25.0 Å².